The van der Waals surface area contributed by atoms with Gasteiger partial charge in [-0.25, -0.2) is 9.97 Å². The molecule has 0 aliphatic heterocycles. The third kappa shape index (κ3) is 2.99. The lowest BCUT2D eigenvalue weighted by molar-refractivity contribution is 0.861. The van der Waals surface area contributed by atoms with Gasteiger partial charge in [-0.1, -0.05) is 30.0 Å². The van der Waals surface area contributed by atoms with Crippen molar-refractivity contribution in [3.05, 3.63) is 65.0 Å². The van der Waals surface area contributed by atoms with Crippen molar-refractivity contribution in [1.82, 2.24) is 29.1 Å². The standard InChI is InChI=1S/C19H20N6S/c1-12-7-5-6-8-17(12)25-15(4)22-23-19(25)26-11-16-10-24-14(3)9-13(2)20-18(24)21-16/h5-10H,11H2,1-4H3. The molecule has 0 radical (unpaired) electrons. The maximum absolute atomic E-state index is 4.65. The molecule has 0 saturated heterocycles. The van der Waals surface area contributed by atoms with Gasteiger partial charge in [-0.3, -0.25) is 8.97 Å². The van der Waals surface area contributed by atoms with Crippen LogP contribution in [0.15, 0.2) is 41.7 Å². The summed E-state index contributed by atoms with van der Waals surface area (Å²) in [4.78, 5) is 9.15. The van der Waals surface area contributed by atoms with Crippen LogP contribution >= 0.6 is 11.8 Å². The summed E-state index contributed by atoms with van der Waals surface area (Å²) in [5.41, 5.74) is 5.40. The van der Waals surface area contributed by atoms with E-state index in [1.807, 2.05) is 36.6 Å². The molecule has 0 saturated carbocycles. The molecule has 0 unspecified atom stereocenters. The van der Waals surface area contributed by atoms with Gasteiger partial charge < -0.3 is 0 Å². The van der Waals surface area contributed by atoms with Gasteiger partial charge in [-0.05, 0) is 45.4 Å². The molecule has 3 aromatic heterocycles. The van der Waals surface area contributed by atoms with Crippen molar-refractivity contribution >= 4 is 17.5 Å². The Morgan fingerprint density at radius 3 is 2.62 bits per heavy atom. The fourth-order valence-corrected chi connectivity index (χ4v) is 3.93. The lowest BCUT2D eigenvalue weighted by Crippen LogP contribution is -2.01. The van der Waals surface area contributed by atoms with Gasteiger partial charge in [0.1, 0.15) is 5.82 Å². The first-order chi connectivity index (χ1) is 12.5. The van der Waals surface area contributed by atoms with Crippen LogP contribution in [-0.2, 0) is 5.75 Å². The maximum atomic E-state index is 4.65. The average Bonchev–Trinajstić information content (AvgIpc) is 3.17. The number of benzene rings is 1. The predicted molar refractivity (Wildman–Crippen MR) is 103 cm³/mol. The number of aryl methyl sites for hydroxylation is 4. The zero-order valence-corrected chi connectivity index (χ0v) is 16.1. The van der Waals surface area contributed by atoms with Gasteiger partial charge in [0.15, 0.2) is 5.16 Å². The zero-order chi connectivity index (χ0) is 18.3. The quantitative estimate of drug-likeness (QED) is 0.515. The lowest BCUT2D eigenvalue weighted by atomic mass is 10.2. The van der Waals surface area contributed by atoms with Gasteiger partial charge >= 0.3 is 0 Å². The van der Waals surface area contributed by atoms with Crippen molar-refractivity contribution in [2.75, 3.05) is 0 Å². The van der Waals surface area contributed by atoms with E-state index >= 15 is 0 Å². The third-order valence-corrected chi connectivity index (χ3v) is 5.27. The van der Waals surface area contributed by atoms with E-state index in [0.29, 0.717) is 5.75 Å². The Morgan fingerprint density at radius 2 is 1.81 bits per heavy atom. The molecule has 6 nitrogen and oxygen atoms in total. The second kappa shape index (κ2) is 6.57. The van der Waals surface area contributed by atoms with Crippen LogP contribution in [0.3, 0.4) is 0 Å². The number of fused-ring (bicyclic) bond motifs is 1. The first kappa shape index (κ1) is 16.8. The van der Waals surface area contributed by atoms with E-state index in [1.54, 1.807) is 11.8 Å². The summed E-state index contributed by atoms with van der Waals surface area (Å²) in [6, 6.07) is 10.3. The van der Waals surface area contributed by atoms with Crippen molar-refractivity contribution in [3.8, 4) is 5.69 Å². The van der Waals surface area contributed by atoms with Crippen molar-refractivity contribution in [3.63, 3.8) is 0 Å². The molecule has 0 N–H and O–H groups in total. The zero-order valence-electron chi connectivity index (χ0n) is 15.3. The highest BCUT2D eigenvalue weighted by Crippen LogP contribution is 2.26. The Hall–Kier alpha value is -2.67. The summed E-state index contributed by atoms with van der Waals surface area (Å²) in [5, 5.41) is 9.50. The second-order valence-electron chi connectivity index (χ2n) is 6.38. The molecule has 0 spiro atoms. The summed E-state index contributed by atoms with van der Waals surface area (Å²) in [6.07, 6.45) is 2.05. The number of nitrogens with zero attached hydrogens (tertiary/aromatic N) is 6. The van der Waals surface area contributed by atoms with Crippen LogP contribution in [0.25, 0.3) is 11.5 Å². The molecule has 7 heteroatoms. The molecule has 4 aromatic rings. The van der Waals surface area contributed by atoms with Gasteiger partial charge in [0.05, 0.1) is 11.4 Å². The van der Waals surface area contributed by atoms with Gasteiger partial charge in [0.25, 0.3) is 0 Å². The van der Waals surface area contributed by atoms with Crippen molar-refractivity contribution in [2.45, 2.75) is 38.6 Å². The Labute approximate surface area is 156 Å². The Kier molecular flexibility index (Phi) is 4.24. The minimum Gasteiger partial charge on any atom is -0.288 e. The predicted octanol–water partition coefficient (Wildman–Crippen LogP) is 3.84. The van der Waals surface area contributed by atoms with Gasteiger partial charge in [0, 0.05) is 23.3 Å². The van der Waals surface area contributed by atoms with Crippen LogP contribution < -0.4 is 0 Å². The van der Waals surface area contributed by atoms with E-state index < -0.39 is 0 Å². The topological polar surface area (TPSA) is 60.9 Å². The normalized spacial score (nSPS) is 11.4. The molecule has 26 heavy (non-hydrogen) atoms. The minimum atomic E-state index is 0.714. The SMILES string of the molecule is Cc1cc(C)n2cc(CSc3nnc(C)n3-c3ccccc3C)nc2n1. The summed E-state index contributed by atoms with van der Waals surface area (Å²) < 4.78 is 4.13. The largest absolute Gasteiger partial charge is 0.288 e. The molecule has 0 amide bonds. The highest BCUT2D eigenvalue weighted by Gasteiger charge is 2.14. The number of aromatic nitrogens is 6. The summed E-state index contributed by atoms with van der Waals surface area (Å²) in [5.74, 6) is 2.34. The minimum absolute atomic E-state index is 0.714. The third-order valence-electron chi connectivity index (χ3n) is 4.31. The average molecular weight is 364 g/mol. The van der Waals surface area contributed by atoms with E-state index in [1.165, 1.54) is 5.56 Å². The van der Waals surface area contributed by atoms with Gasteiger partial charge in [0.2, 0.25) is 5.78 Å². The summed E-state index contributed by atoms with van der Waals surface area (Å²) in [6.45, 7) is 8.13. The Balaban J connectivity index is 1.64. The molecule has 132 valence electrons. The first-order valence-corrected chi connectivity index (χ1v) is 9.44. The van der Waals surface area contributed by atoms with E-state index in [2.05, 4.69) is 56.8 Å². The van der Waals surface area contributed by atoms with Crippen LogP contribution in [0, 0.1) is 27.7 Å². The smallest absolute Gasteiger partial charge is 0.234 e. The molecule has 1 aromatic carbocycles. The second-order valence-corrected chi connectivity index (χ2v) is 7.32. The van der Waals surface area contributed by atoms with Crippen molar-refractivity contribution in [2.24, 2.45) is 0 Å². The lowest BCUT2D eigenvalue weighted by Gasteiger charge is -2.10. The number of hydrogen-bond acceptors (Lipinski definition) is 5. The number of thioether (sulfide) groups is 1. The van der Waals surface area contributed by atoms with Crippen LogP contribution in [0.2, 0.25) is 0 Å². The van der Waals surface area contributed by atoms with Gasteiger partial charge in [-0.2, -0.15) is 0 Å². The number of imidazole rings is 1. The van der Waals surface area contributed by atoms with Crippen molar-refractivity contribution < 1.29 is 0 Å². The van der Waals surface area contributed by atoms with E-state index in [-0.39, 0.29) is 0 Å². The molecule has 4 rings (SSSR count). The molecule has 0 fully saturated rings. The number of rotatable bonds is 4. The molecule has 0 bridgehead atoms. The summed E-state index contributed by atoms with van der Waals surface area (Å²) in [7, 11) is 0. The highest BCUT2D eigenvalue weighted by molar-refractivity contribution is 7.98. The Morgan fingerprint density at radius 1 is 1.00 bits per heavy atom. The van der Waals surface area contributed by atoms with Crippen LogP contribution in [0.4, 0.5) is 0 Å². The van der Waals surface area contributed by atoms with E-state index in [0.717, 1.165) is 39.5 Å². The molecular weight excluding hydrogens is 344 g/mol. The maximum Gasteiger partial charge on any atom is 0.234 e. The first-order valence-electron chi connectivity index (χ1n) is 8.46. The van der Waals surface area contributed by atoms with Crippen LogP contribution in [0.5, 0.6) is 0 Å². The fraction of sp³-hybridized carbons (Fsp3) is 0.263. The molecule has 0 atom stereocenters. The van der Waals surface area contributed by atoms with Crippen molar-refractivity contribution in [1.29, 1.82) is 0 Å². The van der Waals surface area contributed by atoms with Crippen LogP contribution in [-0.4, -0.2) is 29.1 Å². The summed E-state index contributed by atoms with van der Waals surface area (Å²) >= 11 is 1.64. The Bertz CT molecular complexity index is 1090. The highest BCUT2D eigenvalue weighted by atomic mass is 32.2. The number of hydrogen-bond donors (Lipinski definition) is 0. The van der Waals surface area contributed by atoms with Gasteiger partial charge in [-0.15, -0.1) is 10.2 Å². The monoisotopic (exact) mass is 364 g/mol. The molecular formula is C19H20N6S. The van der Waals surface area contributed by atoms with Crippen LogP contribution in [0.1, 0.15) is 28.5 Å². The van der Waals surface area contributed by atoms with E-state index in [9.17, 15) is 0 Å². The molecule has 0 aliphatic rings. The number of para-hydroxylation sites is 1. The molecule has 0 aliphatic carbocycles. The van der Waals surface area contributed by atoms with E-state index in [4.69, 9.17) is 0 Å². The fourth-order valence-electron chi connectivity index (χ4n) is 3.05. The molecule has 3 heterocycles.